The normalized spacial score (nSPS) is 24.0. The van der Waals surface area contributed by atoms with Gasteiger partial charge in [0.25, 0.3) is 0 Å². The molecule has 0 aliphatic carbocycles. The van der Waals surface area contributed by atoms with Crippen LogP contribution in [-0.4, -0.2) is 17.7 Å². The van der Waals surface area contributed by atoms with Crippen LogP contribution in [-0.2, 0) is 11.2 Å². The lowest BCUT2D eigenvalue weighted by Crippen LogP contribution is -2.08. The molecule has 1 aromatic heterocycles. The molecule has 4 heteroatoms. The van der Waals surface area contributed by atoms with E-state index in [9.17, 15) is 0 Å². The fraction of sp³-hybridized carbons (Fsp3) is 0.700. The third kappa shape index (κ3) is 2.13. The summed E-state index contributed by atoms with van der Waals surface area (Å²) >= 11 is 0. The van der Waals surface area contributed by atoms with Crippen LogP contribution in [0.2, 0.25) is 0 Å². The van der Waals surface area contributed by atoms with Crippen LogP contribution < -0.4 is 5.73 Å². The van der Waals surface area contributed by atoms with Crippen molar-refractivity contribution in [1.82, 2.24) is 4.98 Å². The van der Waals surface area contributed by atoms with E-state index in [0.29, 0.717) is 0 Å². The molecule has 2 rings (SSSR count). The standard InChI is InChI=1S/C10H16N2O2/c1-7(11)9-6-12-10(14-9)5-8-3-2-4-13-8/h6-8H,2-5,11H2,1H3. The monoisotopic (exact) mass is 196 g/mol. The van der Waals surface area contributed by atoms with E-state index in [1.807, 2.05) is 6.92 Å². The highest BCUT2D eigenvalue weighted by Gasteiger charge is 2.18. The number of nitrogens with two attached hydrogens (primary N) is 1. The number of hydrogen-bond donors (Lipinski definition) is 1. The van der Waals surface area contributed by atoms with Crippen molar-refractivity contribution >= 4 is 0 Å². The summed E-state index contributed by atoms with van der Waals surface area (Å²) in [6.07, 6.45) is 5.01. The lowest BCUT2D eigenvalue weighted by molar-refractivity contribution is 0.105. The summed E-state index contributed by atoms with van der Waals surface area (Å²) in [6.45, 7) is 2.75. The van der Waals surface area contributed by atoms with Crippen molar-refractivity contribution in [3.63, 3.8) is 0 Å². The quantitative estimate of drug-likeness (QED) is 0.794. The Balaban J connectivity index is 1.95. The molecular weight excluding hydrogens is 180 g/mol. The fourth-order valence-electron chi connectivity index (χ4n) is 1.63. The van der Waals surface area contributed by atoms with Crippen molar-refractivity contribution < 1.29 is 9.15 Å². The largest absolute Gasteiger partial charge is 0.444 e. The third-order valence-corrected chi connectivity index (χ3v) is 2.45. The summed E-state index contributed by atoms with van der Waals surface area (Å²) in [6, 6.07) is -0.0826. The number of aromatic nitrogens is 1. The van der Waals surface area contributed by atoms with Crippen molar-refractivity contribution in [3.8, 4) is 0 Å². The van der Waals surface area contributed by atoms with E-state index in [2.05, 4.69) is 4.98 Å². The zero-order valence-corrected chi connectivity index (χ0v) is 8.40. The smallest absolute Gasteiger partial charge is 0.197 e. The predicted octanol–water partition coefficient (Wildman–Crippen LogP) is 1.42. The second-order valence-electron chi connectivity index (χ2n) is 3.78. The molecule has 1 aliphatic heterocycles. The van der Waals surface area contributed by atoms with Crippen LogP contribution in [0, 0.1) is 0 Å². The van der Waals surface area contributed by atoms with Gasteiger partial charge in [0, 0.05) is 6.61 Å². The lowest BCUT2D eigenvalue weighted by Gasteiger charge is -2.05. The molecule has 1 aliphatic rings. The summed E-state index contributed by atoms with van der Waals surface area (Å²) in [5.74, 6) is 1.49. The minimum Gasteiger partial charge on any atom is -0.444 e. The van der Waals surface area contributed by atoms with Crippen molar-refractivity contribution in [3.05, 3.63) is 17.8 Å². The molecule has 1 fully saturated rings. The Bertz CT molecular complexity index is 290. The molecule has 14 heavy (non-hydrogen) atoms. The van der Waals surface area contributed by atoms with Crippen LogP contribution >= 0.6 is 0 Å². The highest BCUT2D eigenvalue weighted by atomic mass is 16.5. The predicted molar refractivity (Wildman–Crippen MR) is 51.8 cm³/mol. The number of hydrogen-bond acceptors (Lipinski definition) is 4. The second-order valence-corrected chi connectivity index (χ2v) is 3.78. The first-order valence-electron chi connectivity index (χ1n) is 5.07. The van der Waals surface area contributed by atoms with Gasteiger partial charge in [-0.1, -0.05) is 0 Å². The van der Waals surface area contributed by atoms with E-state index in [-0.39, 0.29) is 12.1 Å². The van der Waals surface area contributed by atoms with Crippen LogP contribution in [0.5, 0.6) is 0 Å². The Kier molecular flexibility index (Phi) is 2.84. The molecule has 0 amide bonds. The average molecular weight is 196 g/mol. The summed E-state index contributed by atoms with van der Waals surface area (Å²) in [5.41, 5.74) is 5.67. The Morgan fingerprint density at radius 3 is 3.14 bits per heavy atom. The highest BCUT2D eigenvalue weighted by molar-refractivity contribution is 4.99. The first-order valence-corrected chi connectivity index (χ1v) is 5.07. The molecule has 2 heterocycles. The van der Waals surface area contributed by atoms with E-state index < -0.39 is 0 Å². The summed E-state index contributed by atoms with van der Waals surface area (Å²) in [5, 5.41) is 0. The minimum atomic E-state index is -0.0826. The van der Waals surface area contributed by atoms with Crippen LogP contribution in [0.15, 0.2) is 10.6 Å². The lowest BCUT2D eigenvalue weighted by atomic mass is 10.2. The van der Waals surface area contributed by atoms with E-state index in [4.69, 9.17) is 14.9 Å². The minimum absolute atomic E-state index is 0.0826. The van der Waals surface area contributed by atoms with E-state index in [1.165, 1.54) is 0 Å². The van der Waals surface area contributed by atoms with Gasteiger partial charge in [0.1, 0.15) is 5.76 Å². The first-order chi connectivity index (χ1) is 6.75. The Hall–Kier alpha value is -0.870. The Morgan fingerprint density at radius 1 is 1.71 bits per heavy atom. The first kappa shape index (κ1) is 9.68. The van der Waals surface area contributed by atoms with Gasteiger partial charge in [-0.2, -0.15) is 0 Å². The summed E-state index contributed by atoms with van der Waals surface area (Å²) in [4.78, 5) is 4.17. The highest BCUT2D eigenvalue weighted by Crippen LogP contribution is 2.18. The van der Waals surface area contributed by atoms with Crippen molar-refractivity contribution in [2.45, 2.75) is 38.3 Å². The van der Waals surface area contributed by atoms with Gasteiger partial charge >= 0.3 is 0 Å². The molecule has 2 unspecified atom stereocenters. The van der Waals surface area contributed by atoms with Gasteiger partial charge in [-0.05, 0) is 19.8 Å². The summed E-state index contributed by atoms with van der Waals surface area (Å²) in [7, 11) is 0. The third-order valence-electron chi connectivity index (χ3n) is 2.45. The molecule has 0 saturated carbocycles. The molecular formula is C10H16N2O2. The van der Waals surface area contributed by atoms with Gasteiger partial charge in [-0.25, -0.2) is 4.98 Å². The van der Waals surface area contributed by atoms with E-state index >= 15 is 0 Å². The van der Waals surface area contributed by atoms with E-state index in [0.717, 1.165) is 37.5 Å². The van der Waals surface area contributed by atoms with Gasteiger partial charge in [-0.3, -0.25) is 0 Å². The molecule has 2 N–H and O–H groups in total. The van der Waals surface area contributed by atoms with Crippen LogP contribution in [0.1, 0.15) is 37.5 Å². The average Bonchev–Trinajstić information content (AvgIpc) is 2.75. The maximum absolute atomic E-state index is 5.67. The van der Waals surface area contributed by atoms with Gasteiger partial charge < -0.3 is 14.9 Å². The van der Waals surface area contributed by atoms with Gasteiger partial charge in [0.15, 0.2) is 5.89 Å². The molecule has 4 nitrogen and oxygen atoms in total. The molecule has 1 saturated heterocycles. The number of ether oxygens (including phenoxy) is 1. The molecule has 0 aromatic carbocycles. The van der Waals surface area contributed by atoms with Crippen molar-refractivity contribution in [2.75, 3.05) is 6.61 Å². The number of rotatable bonds is 3. The SMILES string of the molecule is CC(N)c1cnc(CC2CCCO2)o1. The van der Waals surface area contributed by atoms with Crippen molar-refractivity contribution in [1.29, 1.82) is 0 Å². The van der Waals surface area contributed by atoms with Gasteiger partial charge in [0.2, 0.25) is 0 Å². The van der Waals surface area contributed by atoms with E-state index in [1.54, 1.807) is 6.20 Å². The van der Waals surface area contributed by atoms with Crippen LogP contribution in [0.25, 0.3) is 0 Å². The maximum Gasteiger partial charge on any atom is 0.197 e. The molecule has 0 bridgehead atoms. The topological polar surface area (TPSA) is 61.3 Å². The number of oxazole rings is 1. The number of nitrogens with zero attached hydrogens (tertiary/aromatic N) is 1. The fourth-order valence-corrected chi connectivity index (χ4v) is 1.63. The zero-order valence-electron chi connectivity index (χ0n) is 8.40. The molecule has 78 valence electrons. The molecule has 0 radical (unpaired) electrons. The van der Waals surface area contributed by atoms with Gasteiger partial charge in [-0.15, -0.1) is 0 Å². The molecule has 0 spiro atoms. The molecule has 1 aromatic rings. The second kappa shape index (κ2) is 4.11. The zero-order chi connectivity index (χ0) is 9.97. The molecule has 2 atom stereocenters. The van der Waals surface area contributed by atoms with Crippen LogP contribution in [0.3, 0.4) is 0 Å². The Morgan fingerprint density at radius 2 is 2.57 bits per heavy atom. The Labute approximate surface area is 83.4 Å². The van der Waals surface area contributed by atoms with Crippen LogP contribution in [0.4, 0.5) is 0 Å². The van der Waals surface area contributed by atoms with Gasteiger partial charge in [0.05, 0.1) is 24.8 Å². The maximum atomic E-state index is 5.67. The summed E-state index contributed by atoms with van der Waals surface area (Å²) < 4.78 is 11.0. The van der Waals surface area contributed by atoms with Crippen molar-refractivity contribution in [2.24, 2.45) is 5.73 Å².